The number of ether oxygens (including phenoxy) is 2. The van der Waals surface area contributed by atoms with Gasteiger partial charge in [0.25, 0.3) is 0 Å². The molecule has 0 atom stereocenters. The first-order valence-electron chi connectivity index (χ1n) is 7.89. The number of anilines is 1. The lowest BCUT2D eigenvalue weighted by molar-refractivity contribution is 0.174. The van der Waals surface area contributed by atoms with E-state index in [0.717, 1.165) is 53.8 Å². The van der Waals surface area contributed by atoms with Gasteiger partial charge in [-0.2, -0.15) is 5.26 Å². The fourth-order valence-electron chi connectivity index (χ4n) is 3.42. The molecule has 23 heavy (non-hydrogen) atoms. The van der Waals surface area contributed by atoms with Gasteiger partial charge in [0.1, 0.15) is 17.5 Å². The minimum atomic E-state index is 0.237. The first-order chi connectivity index (χ1) is 11.3. The molecular formula is C18H17N3O2. The van der Waals surface area contributed by atoms with Crippen molar-refractivity contribution in [2.75, 3.05) is 12.5 Å². The predicted molar refractivity (Wildman–Crippen MR) is 86.2 cm³/mol. The number of hydrogen-bond acceptors (Lipinski definition) is 5. The second-order valence-electron chi connectivity index (χ2n) is 5.91. The third-order valence-corrected chi connectivity index (χ3v) is 4.53. The normalized spacial score (nSPS) is 15.6. The first-order valence-corrected chi connectivity index (χ1v) is 7.89. The Hall–Kier alpha value is -2.74. The number of nitrogens with zero attached hydrogens (tertiary/aromatic N) is 2. The minimum Gasteiger partial charge on any atom is -0.454 e. The fraction of sp³-hybridized carbons (Fsp3) is 0.333. The van der Waals surface area contributed by atoms with Crippen LogP contribution in [0.15, 0.2) is 18.2 Å². The summed E-state index contributed by atoms with van der Waals surface area (Å²) in [6, 6.07) is 8.03. The van der Waals surface area contributed by atoms with E-state index in [1.807, 2.05) is 18.2 Å². The monoisotopic (exact) mass is 307 g/mol. The molecule has 2 N–H and O–H groups in total. The van der Waals surface area contributed by atoms with Crippen molar-refractivity contribution in [1.82, 2.24) is 4.98 Å². The Morgan fingerprint density at radius 3 is 2.78 bits per heavy atom. The molecule has 0 fully saturated rings. The molecule has 0 unspecified atom stereocenters. The summed E-state index contributed by atoms with van der Waals surface area (Å²) in [4.78, 5) is 4.50. The maximum atomic E-state index is 9.60. The number of fused-ring (bicyclic) bond motifs is 2. The predicted octanol–water partition coefficient (Wildman–Crippen LogP) is 3.20. The molecule has 1 aliphatic heterocycles. The van der Waals surface area contributed by atoms with Crippen LogP contribution in [0.25, 0.3) is 11.1 Å². The van der Waals surface area contributed by atoms with Gasteiger partial charge in [-0.25, -0.2) is 4.98 Å². The molecule has 5 heteroatoms. The molecule has 1 aliphatic carbocycles. The summed E-state index contributed by atoms with van der Waals surface area (Å²) in [5.41, 5.74) is 10.6. The zero-order valence-electron chi connectivity index (χ0n) is 12.8. The molecule has 0 spiro atoms. The Labute approximate surface area is 134 Å². The van der Waals surface area contributed by atoms with E-state index in [-0.39, 0.29) is 6.79 Å². The molecule has 1 aromatic heterocycles. The number of nitrogen functional groups attached to an aromatic ring is 1. The van der Waals surface area contributed by atoms with Crippen molar-refractivity contribution < 1.29 is 9.47 Å². The molecule has 0 amide bonds. The van der Waals surface area contributed by atoms with Gasteiger partial charge in [-0.1, -0.05) is 12.5 Å². The van der Waals surface area contributed by atoms with Crippen LogP contribution < -0.4 is 15.2 Å². The van der Waals surface area contributed by atoms with Gasteiger partial charge in [0.15, 0.2) is 11.5 Å². The van der Waals surface area contributed by atoms with Gasteiger partial charge in [0, 0.05) is 11.3 Å². The molecule has 2 aromatic rings. The fourth-order valence-corrected chi connectivity index (χ4v) is 3.42. The molecule has 4 rings (SSSR count). The maximum Gasteiger partial charge on any atom is 0.231 e. The van der Waals surface area contributed by atoms with Gasteiger partial charge in [0.05, 0.1) is 0 Å². The topological polar surface area (TPSA) is 81.2 Å². The van der Waals surface area contributed by atoms with E-state index in [2.05, 4.69) is 11.1 Å². The largest absolute Gasteiger partial charge is 0.454 e. The smallest absolute Gasteiger partial charge is 0.231 e. The zero-order valence-corrected chi connectivity index (χ0v) is 12.8. The van der Waals surface area contributed by atoms with Crippen LogP contribution in [-0.2, 0) is 12.8 Å². The van der Waals surface area contributed by atoms with E-state index < -0.39 is 0 Å². The van der Waals surface area contributed by atoms with E-state index >= 15 is 0 Å². The third-order valence-electron chi connectivity index (χ3n) is 4.53. The minimum absolute atomic E-state index is 0.237. The summed E-state index contributed by atoms with van der Waals surface area (Å²) in [5.74, 6) is 1.77. The highest BCUT2D eigenvalue weighted by molar-refractivity contribution is 5.80. The van der Waals surface area contributed by atoms with Crippen LogP contribution in [0.1, 0.15) is 36.1 Å². The zero-order chi connectivity index (χ0) is 15.8. The highest BCUT2D eigenvalue weighted by Crippen LogP contribution is 2.40. The van der Waals surface area contributed by atoms with Crippen LogP contribution in [0, 0.1) is 11.3 Å². The van der Waals surface area contributed by atoms with E-state index in [0.29, 0.717) is 17.1 Å². The summed E-state index contributed by atoms with van der Waals surface area (Å²) >= 11 is 0. The van der Waals surface area contributed by atoms with Crippen molar-refractivity contribution in [3.63, 3.8) is 0 Å². The van der Waals surface area contributed by atoms with Crippen molar-refractivity contribution in [3.05, 3.63) is 35.0 Å². The van der Waals surface area contributed by atoms with E-state index in [1.165, 1.54) is 6.42 Å². The molecule has 2 heterocycles. The Morgan fingerprint density at radius 1 is 1.09 bits per heavy atom. The molecule has 0 saturated heterocycles. The molecule has 116 valence electrons. The Balaban J connectivity index is 1.96. The van der Waals surface area contributed by atoms with Crippen LogP contribution in [0.5, 0.6) is 11.5 Å². The molecule has 5 nitrogen and oxygen atoms in total. The van der Waals surface area contributed by atoms with Gasteiger partial charge in [-0.05, 0) is 48.9 Å². The number of aryl methyl sites for hydroxylation is 1. The van der Waals surface area contributed by atoms with Crippen LogP contribution in [0.2, 0.25) is 0 Å². The maximum absolute atomic E-state index is 9.60. The van der Waals surface area contributed by atoms with Gasteiger partial charge in [-0.15, -0.1) is 0 Å². The van der Waals surface area contributed by atoms with Crippen LogP contribution >= 0.6 is 0 Å². The number of benzene rings is 1. The standard InChI is InChI=1S/C18H17N3O2/c19-9-13-17(11-6-7-15-16(8-11)23-10-22-15)12-4-2-1-3-5-14(12)21-18(13)20/h6-8H,1-5,10H2,(H2,20,21). The van der Waals surface area contributed by atoms with Gasteiger partial charge in [-0.3, -0.25) is 0 Å². The second-order valence-corrected chi connectivity index (χ2v) is 5.91. The second kappa shape index (κ2) is 5.47. The summed E-state index contributed by atoms with van der Waals surface area (Å²) < 4.78 is 10.9. The molecule has 0 radical (unpaired) electrons. The number of rotatable bonds is 1. The lowest BCUT2D eigenvalue weighted by atomic mass is 9.91. The Kier molecular flexibility index (Phi) is 3.30. The molecule has 2 aliphatic rings. The van der Waals surface area contributed by atoms with Crippen LogP contribution in [-0.4, -0.2) is 11.8 Å². The van der Waals surface area contributed by atoms with E-state index in [4.69, 9.17) is 15.2 Å². The average Bonchev–Trinajstić information content (AvgIpc) is 2.91. The molecule has 0 saturated carbocycles. The lowest BCUT2D eigenvalue weighted by Crippen LogP contribution is -2.06. The molecular weight excluding hydrogens is 290 g/mol. The van der Waals surface area contributed by atoms with Crippen molar-refractivity contribution in [3.8, 4) is 28.7 Å². The average molecular weight is 307 g/mol. The first kappa shape index (κ1) is 13.9. The molecule has 1 aromatic carbocycles. The number of nitriles is 1. The summed E-state index contributed by atoms with van der Waals surface area (Å²) in [7, 11) is 0. The van der Waals surface area contributed by atoms with Crippen molar-refractivity contribution in [1.29, 1.82) is 5.26 Å². The van der Waals surface area contributed by atoms with Crippen LogP contribution in [0.4, 0.5) is 5.82 Å². The number of nitrogens with two attached hydrogens (primary N) is 1. The Morgan fingerprint density at radius 2 is 1.91 bits per heavy atom. The highest BCUT2D eigenvalue weighted by Gasteiger charge is 2.23. The van der Waals surface area contributed by atoms with E-state index in [1.54, 1.807) is 0 Å². The number of hydrogen-bond donors (Lipinski definition) is 1. The third kappa shape index (κ3) is 2.27. The van der Waals surface area contributed by atoms with Crippen LogP contribution in [0.3, 0.4) is 0 Å². The van der Waals surface area contributed by atoms with Crippen molar-refractivity contribution >= 4 is 5.82 Å². The number of pyridine rings is 1. The summed E-state index contributed by atoms with van der Waals surface area (Å²) in [5, 5.41) is 9.60. The summed E-state index contributed by atoms with van der Waals surface area (Å²) in [6.45, 7) is 0.237. The number of aromatic nitrogens is 1. The molecule has 0 bridgehead atoms. The lowest BCUT2D eigenvalue weighted by Gasteiger charge is -2.16. The van der Waals surface area contributed by atoms with Crippen molar-refractivity contribution in [2.24, 2.45) is 0 Å². The highest BCUT2D eigenvalue weighted by atomic mass is 16.7. The van der Waals surface area contributed by atoms with Gasteiger partial charge >= 0.3 is 0 Å². The van der Waals surface area contributed by atoms with Crippen molar-refractivity contribution in [2.45, 2.75) is 32.1 Å². The van der Waals surface area contributed by atoms with Gasteiger partial charge in [0.2, 0.25) is 6.79 Å². The SMILES string of the molecule is N#Cc1c(N)nc2c(c1-c1ccc3c(c1)OCO3)CCCCC2. The van der Waals surface area contributed by atoms with E-state index in [9.17, 15) is 5.26 Å². The quantitative estimate of drug-likeness (QED) is 0.818. The summed E-state index contributed by atoms with van der Waals surface area (Å²) in [6.07, 6.45) is 5.26. The Bertz CT molecular complexity index is 824. The van der Waals surface area contributed by atoms with Gasteiger partial charge < -0.3 is 15.2 Å².